The summed E-state index contributed by atoms with van der Waals surface area (Å²) in [4.78, 5) is 33.3. The van der Waals surface area contributed by atoms with Crippen molar-refractivity contribution in [3.63, 3.8) is 0 Å². The number of aromatic amines is 1. The molecular formula is C25H19N5O3. The summed E-state index contributed by atoms with van der Waals surface area (Å²) in [6, 6.07) is 18.5. The van der Waals surface area contributed by atoms with E-state index in [0.717, 1.165) is 41.3 Å². The van der Waals surface area contributed by atoms with Crippen molar-refractivity contribution in [3.8, 4) is 17.4 Å². The second kappa shape index (κ2) is 7.59. The summed E-state index contributed by atoms with van der Waals surface area (Å²) in [6.07, 6.45) is 3.92. The molecule has 0 radical (unpaired) electrons. The number of carbonyl (C=O) groups is 1. The summed E-state index contributed by atoms with van der Waals surface area (Å²) >= 11 is 0. The van der Waals surface area contributed by atoms with Crippen molar-refractivity contribution >= 4 is 22.5 Å². The molecule has 0 fully saturated rings. The molecule has 1 aliphatic rings. The lowest BCUT2D eigenvalue weighted by Crippen LogP contribution is -2.21. The second-order valence-electron chi connectivity index (χ2n) is 7.95. The van der Waals surface area contributed by atoms with Crippen molar-refractivity contribution in [2.75, 3.05) is 5.32 Å². The van der Waals surface area contributed by atoms with E-state index in [0.29, 0.717) is 22.8 Å². The van der Waals surface area contributed by atoms with E-state index in [2.05, 4.69) is 20.4 Å². The van der Waals surface area contributed by atoms with Gasteiger partial charge >= 0.3 is 0 Å². The van der Waals surface area contributed by atoms with Crippen LogP contribution in [-0.4, -0.2) is 25.7 Å². The highest BCUT2D eigenvalue weighted by atomic mass is 16.3. The van der Waals surface area contributed by atoms with Crippen molar-refractivity contribution in [3.05, 3.63) is 94.1 Å². The maximum absolute atomic E-state index is 13.3. The summed E-state index contributed by atoms with van der Waals surface area (Å²) in [5.41, 5.74) is 2.37. The predicted molar refractivity (Wildman–Crippen MR) is 124 cm³/mol. The molecule has 162 valence electrons. The lowest BCUT2D eigenvalue weighted by Gasteiger charge is -2.10. The molecule has 0 bridgehead atoms. The molecule has 33 heavy (non-hydrogen) atoms. The first-order valence-corrected chi connectivity index (χ1v) is 10.7. The molecule has 0 atom stereocenters. The standard InChI is InChI=1S/C25H19N5O3/c31-23(17-9-3-7-15-6-1-2-8-16(15)17)27-22-14-20(21-12-5-13-33-21)29-30(22)25-26-19-11-4-10-18(19)24(32)28-25/h1-3,5-9,12-14H,4,10-11H2,(H,27,31)(H,26,28,32). The number of aromatic nitrogens is 4. The molecule has 8 nitrogen and oxygen atoms in total. The van der Waals surface area contributed by atoms with Gasteiger partial charge < -0.3 is 9.73 Å². The van der Waals surface area contributed by atoms with Gasteiger partial charge in [0.05, 0.1) is 12.0 Å². The number of benzene rings is 2. The fraction of sp³-hybridized carbons (Fsp3) is 0.120. The summed E-state index contributed by atoms with van der Waals surface area (Å²) in [7, 11) is 0. The largest absolute Gasteiger partial charge is 0.463 e. The molecular weight excluding hydrogens is 418 g/mol. The monoisotopic (exact) mass is 437 g/mol. The summed E-state index contributed by atoms with van der Waals surface area (Å²) < 4.78 is 6.93. The average Bonchev–Trinajstić information content (AvgIpc) is 3.59. The Hall–Kier alpha value is -4.46. The van der Waals surface area contributed by atoms with Crippen LogP contribution in [0.3, 0.4) is 0 Å². The Bertz CT molecular complexity index is 1560. The van der Waals surface area contributed by atoms with Gasteiger partial charge in [0.15, 0.2) is 5.76 Å². The van der Waals surface area contributed by atoms with Crippen LogP contribution >= 0.6 is 0 Å². The third-order valence-corrected chi connectivity index (χ3v) is 5.89. The maximum Gasteiger partial charge on any atom is 0.257 e. The Labute approximate surface area is 187 Å². The molecule has 8 heteroatoms. The molecule has 5 aromatic rings. The van der Waals surface area contributed by atoms with Crippen molar-refractivity contribution in [2.24, 2.45) is 0 Å². The third-order valence-electron chi connectivity index (χ3n) is 5.89. The fourth-order valence-corrected chi connectivity index (χ4v) is 4.31. The molecule has 0 aliphatic heterocycles. The molecule has 2 N–H and O–H groups in total. The summed E-state index contributed by atoms with van der Waals surface area (Å²) in [6.45, 7) is 0. The first-order chi connectivity index (χ1) is 16.2. The second-order valence-corrected chi connectivity index (χ2v) is 7.95. The zero-order valence-electron chi connectivity index (χ0n) is 17.5. The number of aryl methyl sites for hydroxylation is 1. The number of nitrogens with zero attached hydrogens (tertiary/aromatic N) is 3. The number of nitrogens with one attached hydrogen (secondary N) is 2. The molecule has 0 saturated carbocycles. The number of carbonyl (C=O) groups excluding carboxylic acids is 1. The van der Waals surface area contributed by atoms with Gasteiger partial charge in [0.2, 0.25) is 5.95 Å². The van der Waals surface area contributed by atoms with Gasteiger partial charge in [-0.05, 0) is 48.2 Å². The van der Waals surface area contributed by atoms with E-state index in [1.165, 1.54) is 4.68 Å². The quantitative estimate of drug-likeness (QED) is 0.440. The highest BCUT2D eigenvalue weighted by Crippen LogP contribution is 2.26. The van der Waals surface area contributed by atoms with Crippen LogP contribution < -0.4 is 10.9 Å². The van der Waals surface area contributed by atoms with Gasteiger partial charge in [-0.25, -0.2) is 4.98 Å². The number of amides is 1. The van der Waals surface area contributed by atoms with Crippen molar-refractivity contribution in [1.82, 2.24) is 19.7 Å². The van der Waals surface area contributed by atoms with E-state index in [9.17, 15) is 9.59 Å². The van der Waals surface area contributed by atoms with Crippen LogP contribution in [0.4, 0.5) is 5.82 Å². The van der Waals surface area contributed by atoms with Crippen LogP contribution in [0.5, 0.6) is 0 Å². The number of hydrogen-bond donors (Lipinski definition) is 2. The average molecular weight is 437 g/mol. The molecule has 6 rings (SSSR count). The van der Waals surface area contributed by atoms with Gasteiger partial charge in [-0.1, -0.05) is 36.4 Å². The number of hydrogen-bond acceptors (Lipinski definition) is 5. The first-order valence-electron chi connectivity index (χ1n) is 10.7. The smallest absolute Gasteiger partial charge is 0.257 e. The van der Waals surface area contributed by atoms with Gasteiger partial charge in [0.25, 0.3) is 11.5 Å². The lowest BCUT2D eigenvalue weighted by atomic mass is 10.0. The number of H-pyrrole nitrogens is 1. The number of anilines is 1. The highest BCUT2D eigenvalue weighted by molar-refractivity contribution is 6.12. The number of fused-ring (bicyclic) bond motifs is 2. The molecule has 1 aliphatic carbocycles. The van der Waals surface area contributed by atoms with Gasteiger partial charge in [-0.15, -0.1) is 0 Å². The molecule has 1 amide bonds. The molecule has 3 aromatic heterocycles. The normalized spacial score (nSPS) is 12.7. The minimum atomic E-state index is -0.289. The van der Waals surface area contributed by atoms with Crippen molar-refractivity contribution in [2.45, 2.75) is 19.3 Å². The Morgan fingerprint density at radius 3 is 2.82 bits per heavy atom. The zero-order chi connectivity index (χ0) is 22.4. The summed E-state index contributed by atoms with van der Waals surface area (Å²) in [5.74, 6) is 0.882. The minimum absolute atomic E-state index is 0.172. The third kappa shape index (κ3) is 3.32. The molecule has 0 spiro atoms. The Morgan fingerprint density at radius 1 is 1.06 bits per heavy atom. The van der Waals surface area contributed by atoms with Gasteiger partial charge in [-0.2, -0.15) is 9.78 Å². The zero-order valence-corrected chi connectivity index (χ0v) is 17.5. The Morgan fingerprint density at radius 2 is 1.94 bits per heavy atom. The van der Waals surface area contributed by atoms with E-state index in [1.807, 2.05) is 36.4 Å². The van der Waals surface area contributed by atoms with Gasteiger partial charge in [0, 0.05) is 17.2 Å². The van der Waals surface area contributed by atoms with Crippen LogP contribution in [0.25, 0.3) is 28.2 Å². The van der Waals surface area contributed by atoms with Crippen LogP contribution in [0, 0.1) is 0 Å². The van der Waals surface area contributed by atoms with E-state index in [1.54, 1.807) is 30.5 Å². The topological polar surface area (TPSA) is 106 Å². The lowest BCUT2D eigenvalue weighted by molar-refractivity contribution is 0.102. The Kier molecular flexibility index (Phi) is 4.43. The SMILES string of the molecule is O=C(Nc1cc(-c2ccco2)nn1-c1nc2c(c(=O)[nH]1)CCC2)c1cccc2ccccc12. The van der Waals surface area contributed by atoms with E-state index in [4.69, 9.17) is 4.42 Å². The molecule has 3 heterocycles. The van der Waals surface area contributed by atoms with E-state index < -0.39 is 0 Å². The van der Waals surface area contributed by atoms with E-state index in [-0.39, 0.29) is 17.4 Å². The van der Waals surface area contributed by atoms with Crippen LogP contribution in [0.2, 0.25) is 0 Å². The van der Waals surface area contributed by atoms with Crippen molar-refractivity contribution in [1.29, 1.82) is 0 Å². The molecule has 2 aromatic carbocycles. The highest BCUT2D eigenvalue weighted by Gasteiger charge is 2.22. The van der Waals surface area contributed by atoms with Crippen molar-refractivity contribution < 1.29 is 9.21 Å². The summed E-state index contributed by atoms with van der Waals surface area (Å²) in [5, 5.41) is 9.34. The molecule has 0 saturated heterocycles. The minimum Gasteiger partial charge on any atom is -0.463 e. The van der Waals surface area contributed by atoms with Crippen LogP contribution in [0.15, 0.2) is 76.1 Å². The number of rotatable bonds is 4. The Balaban J connectivity index is 1.45. The maximum atomic E-state index is 13.3. The fourth-order valence-electron chi connectivity index (χ4n) is 4.31. The molecule has 0 unspecified atom stereocenters. The predicted octanol–water partition coefficient (Wildman–Crippen LogP) is 4.11. The first kappa shape index (κ1) is 19.2. The van der Waals surface area contributed by atoms with Gasteiger partial charge in [-0.3, -0.25) is 14.6 Å². The van der Waals surface area contributed by atoms with Crippen LogP contribution in [0.1, 0.15) is 28.0 Å². The number of furan rings is 1. The van der Waals surface area contributed by atoms with E-state index >= 15 is 0 Å². The van der Waals surface area contributed by atoms with Crippen LogP contribution in [-0.2, 0) is 12.8 Å². The van der Waals surface area contributed by atoms with Gasteiger partial charge in [0.1, 0.15) is 11.5 Å².